The Bertz CT molecular complexity index is 434. The molecule has 0 spiro atoms. The number of hydrazine groups is 1. The van der Waals surface area contributed by atoms with Crippen molar-refractivity contribution in [2.75, 3.05) is 0 Å². The van der Waals surface area contributed by atoms with Gasteiger partial charge in [0, 0.05) is 12.1 Å². The van der Waals surface area contributed by atoms with Gasteiger partial charge in [0.1, 0.15) is 6.29 Å². The Morgan fingerprint density at radius 2 is 1.94 bits per heavy atom. The molecule has 0 amide bonds. The molecule has 3 unspecified atom stereocenters. The number of hydrogen-bond donors (Lipinski definition) is 3. The van der Waals surface area contributed by atoms with Gasteiger partial charge in [-0.25, -0.2) is 10.9 Å². The summed E-state index contributed by atoms with van der Waals surface area (Å²) in [5, 5.41) is 10.5. The first-order valence-corrected chi connectivity index (χ1v) is 5.10. The van der Waals surface area contributed by atoms with Crippen molar-refractivity contribution in [2.24, 2.45) is 11.7 Å². The smallest absolute Gasteiger partial charge is 0.269 e. The maximum absolute atomic E-state index is 10.9. The van der Waals surface area contributed by atoms with E-state index in [0.717, 1.165) is 11.8 Å². The number of nitro groups is 1. The molecule has 1 heterocycles. The van der Waals surface area contributed by atoms with E-state index in [2.05, 4.69) is 10.9 Å². The lowest BCUT2D eigenvalue weighted by molar-refractivity contribution is -0.384. The topological polar surface area (TPSA) is 110 Å². The fourth-order valence-electron chi connectivity index (χ4n) is 1.86. The highest BCUT2D eigenvalue weighted by molar-refractivity contribution is 5.58. The number of non-ortho nitro benzene ring substituents is 1. The quantitative estimate of drug-likeness (QED) is 0.382. The van der Waals surface area contributed by atoms with E-state index in [4.69, 9.17) is 5.73 Å². The van der Waals surface area contributed by atoms with Gasteiger partial charge in [-0.2, -0.15) is 0 Å². The number of carbonyl (C=O) groups excluding carboxylic acids is 1. The van der Waals surface area contributed by atoms with Gasteiger partial charge in [0.15, 0.2) is 0 Å². The molecule has 90 valence electrons. The summed E-state index contributed by atoms with van der Waals surface area (Å²) < 4.78 is 0. The maximum Gasteiger partial charge on any atom is 0.269 e. The molecule has 17 heavy (non-hydrogen) atoms. The molecule has 1 fully saturated rings. The van der Waals surface area contributed by atoms with Crippen LogP contribution in [-0.4, -0.2) is 17.4 Å². The van der Waals surface area contributed by atoms with Gasteiger partial charge in [-0.3, -0.25) is 10.1 Å². The highest BCUT2D eigenvalue weighted by Gasteiger charge is 2.34. The average molecular weight is 236 g/mol. The van der Waals surface area contributed by atoms with E-state index in [9.17, 15) is 14.9 Å². The van der Waals surface area contributed by atoms with Gasteiger partial charge in [0.05, 0.1) is 23.0 Å². The monoisotopic (exact) mass is 236 g/mol. The minimum Gasteiger partial charge on any atom is -0.314 e. The number of aldehydes is 1. The molecular weight excluding hydrogens is 224 g/mol. The van der Waals surface area contributed by atoms with Crippen molar-refractivity contribution < 1.29 is 9.72 Å². The van der Waals surface area contributed by atoms with Gasteiger partial charge >= 0.3 is 0 Å². The van der Waals surface area contributed by atoms with E-state index >= 15 is 0 Å². The van der Waals surface area contributed by atoms with Crippen LogP contribution in [0.25, 0.3) is 0 Å². The number of nitro benzene ring substituents is 1. The molecule has 0 radical (unpaired) electrons. The summed E-state index contributed by atoms with van der Waals surface area (Å²) in [6.07, 6.45) is 0.330. The molecule has 4 N–H and O–H groups in total. The first kappa shape index (κ1) is 11.6. The number of nitrogens with one attached hydrogen (secondary N) is 2. The Hall–Kier alpha value is -1.83. The third-order valence-electron chi connectivity index (χ3n) is 2.83. The van der Waals surface area contributed by atoms with Crippen molar-refractivity contribution in [1.29, 1.82) is 0 Å². The summed E-state index contributed by atoms with van der Waals surface area (Å²) in [6.45, 7) is 0. The first-order chi connectivity index (χ1) is 8.13. The van der Waals surface area contributed by atoms with Crippen LogP contribution in [0.2, 0.25) is 0 Å². The minimum absolute atomic E-state index is 0.0201. The molecule has 1 aliphatic rings. The van der Waals surface area contributed by atoms with Crippen LogP contribution >= 0.6 is 0 Å². The van der Waals surface area contributed by atoms with Crippen LogP contribution in [0.1, 0.15) is 11.6 Å². The van der Waals surface area contributed by atoms with Crippen molar-refractivity contribution in [3.8, 4) is 0 Å². The standard InChI is InChI=1S/C10H12N4O3/c11-10-8(5-15)9(12-13-10)6-1-3-7(4-2-6)14(16)17/h1-5,8-10,12-13H,11H2. The molecule has 0 bridgehead atoms. The molecule has 0 aromatic heterocycles. The summed E-state index contributed by atoms with van der Waals surface area (Å²) in [5.41, 5.74) is 12.2. The lowest BCUT2D eigenvalue weighted by atomic mass is 9.94. The van der Waals surface area contributed by atoms with E-state index in [1.54, 1.807) is 12.1 Å². The number of carbonyl (C=O) groups is 1. The highest BCUT2D eigenvalue weighted by Crippen LogP contribution is 2.26. The van der Waals surface area contributed by atoms with Crippen molar-refractivity contribution in [2.45, 2.75) is 12.2 Å². The fourth-order valence-corrected chi connectivity index (χ4v) is 1.86. The summed E-state index contributed by atoms with van der Waals surface area (Å²) in [5.74, 6) is -0.392. The van der Waals surface area contributed by atoms with Crippen LogP contribution in [0.4, 0.5) is 5.69 Å². The summed E-state index contributed by atoms with van der Waals surface area (Å²) >= 11 is 0. The second kappa shape index (κ2) is 4.58. The third kappa shape index (κ3) is 2.16. The van der Waals surface area contributed by atoms with E-state index in [1.165, 1.54) is 12.1 Å². The van der Waals surface area contributed by atoms with Gasteiger partial charge in [-0.15, -0.1) is 0 Å². The van der Waals surface area contributed by atoms with Crippen molar-refractivity contribution >= 4 is 12.0 Å². The predicted octanol–water partition coefficient (Wildman–Crippen LogP) is -0.156. The molecule has 3 atom stereocenters. The Morgan fingerprint density at radius 3 is 2.47 bits per heavy atom. The number of nitrogens with zero attached hydrogens (tertiary/aromatic N) is 1. The summed E-state index contributed by atoms with van der Waals surface area (Å²) in [6, 6.07) is 5.78. The molecule has 1 aromatic carbocycles. The van der Waals surface area contributed by atoms with Crippen molar-refractivity contribution in [3.63, 3.8) is 0 Å². The van der Waals surface area contributed by atoms with Gasteiger partial charge in [-0.05, 0) is 5.56 Å². The Kier molecular flexibility index (Phi) is 3.14. The van der Waals surface area contributed by atoms with Crippen LogP contribution in [0.5, 0.6) is 0 Å². The lowest BCUT2D eigenvalue weighted by Gasteiger charge is -2.14. The van der Waals surface area contributed by atoms with Crippen molar-refractivity contribution in [3.05, 3.63) is 39.9 Å². The van der Waals surface area contributed by atoms with Gasteiger partial charge in [0.25, 0.3) is 5.69 Å². The van der Waals surface area contributed by atoms with Crippen LogP contribution < -0.4 is 16.6 Å². The Morgan fingerprint density at radius 1 is 1.29 bits per heavy atom. The Balaban J connectivity index is 2.23. The zero-order valence-electron chi connectivity index (χ0n) is 8.87. The zero-order chi connectivity index (χ0) is 12.4. The van der Waals surface area contributed by atoms with E-state index in [-0.39, 0.29) is 11.7 Å². The van der Waals surface area contributed by atoms with E-state index in [1.807, 2.05) is 0 Å². The number of hydrogen-bond acceptors (Lipinski definition) is 6. The van der Waals surface area contributed by atoms with E-state index in [0.29, 0.717) is 0 Å². The molecule has 1 saturated heterocycles. The molecule has 0 aliphatic carbocycles. The average Bonchev–Trinajstić information content (AvgIpc) is 2.70. The largest absolute Gasteiger partial charge is 0.314 e. The summed E-state index contributed by atoms with van der Waals surface area (Å²) in [7, 11) is 0. The van der Waals surface area contributed by atoms with Gasteiger partial charge < -0.3 is 10.5 Å². The lowest BCUT2D eigenvalue weighted by Crippen LogP contribution is -2.39. The highest BCUT2D eigenvalue weighted by atomic mass is 16.6. The minimum atomic E-state index is -0.465. The Labute approximate surface area is 97.1 Å². The molecule has 0 saturated carbocycles. The first-order valence-electron chi connectivity index (χ1n) is 5.10. The molecular formula is C10H12N4O3. The second-order valence-corrected chi connectivity index (χ2v) is 3.85. The number of benzene rings is 1. The maximum atomic E-state index is 10.9. The van der Waals surface area contributed by atoms with Gasteiger partial charge in [-0.1, -0.05) is 12.1 Å². The second-order valence-electron chi connectivity index (χ2n) is 3.85. The predicted molar refractivity (Wildman–Crippen MR) is 59.6 cm³/mol. The number of nitrogens with two attached hydrogens (primary N) is 1. The molecule has 7 heteroatoms. The zero-order valence-corrected chi connectivity index (χ0v) is 8.87. The molecule has 1 aromatic rings. The summed E-state index contributed by atoms with van der Waals surface area (Å²) in [4.78, 5) is 21.0. The molecule has 2 rings (SSSR count). The van der Waals surface area contributed by atoms with Crippen LogP contribution in [0.3, 0.4) is 0 Å². The third-order valence-corrected chi connectivity index (χ3v) is 2.83. The van der Waals surface area contributed by atoms with Crippen LogP contribution in [0.15, 0.2) is 24.3 Å². The van der Waals surface area contributed by atoms with E-state index < -0.39 is 17.0 Å². The molecule has 1 aliphatic heterocycles. The van der Waals surface area contributed by atoms with Crippen molar-refractivity contribution in [1.82, 2.24) is 10.9 Å². The van der Waals surface area contributed by atoms with Crippen LogP contribution in [0, 0.1) is 16.0 Å². The van der Waals surface area contributed by atoms with Gasteiger partial charge in [0.2, 0.25) is 0 Å². The molecule has 7 nitrogen and oxygen atoms in total. The SMILES string of the molecule is NC1NNC(c2ccc([N+](=O)[O-])cc2)C1C=O. The normalized spacial score (nSPS) is 27.9. The fraction of sp³-hybridized carbons (Fsp3) is 0.300. The van der Waals surface area contributed by atoms with Crippen LogP contribution in [-0.2, 0) is 4.79 Å². The number of rotatable bonds is 3.